The molecule has 2 aliphatic carbocycles. The Kier molecular flexibility index (Phi) is 7.04. The molecule has 4 heteroatoms. The maximum atomic E-state index is 14.7. The monoisotopic (exact) mass is 440 g/mol. The predicted molar refractivity (Wildman–Crippen MR) is 119 cm³/mol. The number of fused-ring (bicyclic) bond motifs is 1. The van der Waals surface area contributed by atoms with Gasteiger partial charge in [-0.2, -0.15) is 0 Å². The Morgan fingerprint density at radius 3 is 2.22 bits per heavy atom. The molecule has 0 N–H and O–H groups in total. The molecule has 0 bridgehead atoms. The van der Waals surface area contributed by atoms with E-state index in [0.717, 1.165) is 54.9 Å². The van der Waals surface area contributed by atoms with E-state index in [1.54, 1.807) is 12.1 Å². The number of hydrogen-bond acceptors (Lipinski definition) is 0. The lowest BCUT2D eigenvalue weighted by Crippen LogP contribution is -2.26. The summed E-state index contributed by atoms with van der Waals surface area (Å²) >= 11 is 0. The van der Waals surface area contributed by atoms with Gasteiger partial charge in [0.15, 0.2) is 17.5 Å². The quantitative estimate of drug-likeness (QED) is 0.200. The summed E-state index contributed by atoms with van der Waals surface area (Å²) in [6.45, 7) is 3.82. The molecular weight excluding hydrogens is 412 g/mol. The third-order valence-corrected chi connectivity index (χ3v) is 7.22. The Bertz CT molecular complexity index is 1030. The smallest absolute Gasteiger partial charge is 0.194 e. The zero-order chi connectivity index (χ0) is 22.7. The second kappa shape index (κ2) is 9.94. The Hall–Kier alpha value is -2.54. The van der Waals surface area contributed by atoms with E-state index in [0.29, 0.717) is 11.8 Å². The summed E-state index contributed by atoms with van der Waals surface area (Å²) in [4.78, 5) is 0. The predicted octanol–water partition coefficient (Wildman–Crippen LogP) is 7.52. The molecule has 2 aromatic rings. The van der Waals surface area contributed by atoms with Crippen molar-refractivity contribution in [3.8, 4) is 11.8 Å². The van der Waals surface area contributed by atoms with Gasteiger partial charge in [-0.25, -0.2) is 17.6 Å². The van der Waals surface area contributed by atoms with Crippen molar-refractivity contribution in [1.29, 1.82) is 0 Å². The molecule has 4 rings (SSSR count). The largest absolute Gasteiger partial charge is 0.206 e. The molecule has 0 nitrogen and oxygen atoms in total. The fraction of sp³-hybridized carbons (Fsp3) is 0.429. The lowest BCUT2D eigenvalue weighted by Gasteiger charge is -2.36. The van der Waals surface area contributed by atoms with Crippen molar-refractivity contribution in [2.45, 2.75) is 57.8 Å². The van der Waals surface area contributed by atoms with E-state index >= 15 is 0 Å². The standard InChI is InChI=1S/C28H28F4/c1-2-3-4-18-5-8-20(9-6-18)21-11-12-22-15-23(25(29)17-24(22)16-21)10-7-19-13-26(30)28(32)27(31)14-19/h2,13-15,17-18,20-21H,1,3-6,8-9,11-12,16H2. The molecule has 2 aromatic carbocycles. The average Bonchev–Trinajstić information content (AvgIpc) is 2.79. The zero-order valence-corrected chi connectivity index (χ0v) is 18.2. The highest BCUT2D eigenvalue weighted by Gasteiger charge is 2.30. The van der Waals surface area contributed by atoms with Crippen molar-refractivity contribution in [3.05, 3.63) is 82.4 Å². The number of rotatable bonds is 4. The summed E-state index contributed by atoms with van der Waals surface area (Å²) in [6, 6.07) is 4.97. The SMILES string of the molecule is C=CCCC1CCC(C2CCc3cc(C#Cc4cc(F)c(F)c(F)c4)c(F)cc3C2)CC1. The number of aryl methyl sites for hydroxylation is 1. The lowest BCUT2D eigenvalue weighted by molar-refractivity contribution is 0.185. The first kappa shape index (κ1) is 22.6. The van der Waals surface area contributed by atoms with E-state index in [-0.39, 0.29) is 11.1 Å². The molecule has 0 aliphatic heterocycles. The van der Waals surface area contributed by atoms with Gasteiger partial charge in [-0.3, -0.25) is 0 Å². The minimum Gasteiger partial charge on any atom is -0.206 e. The second-order valence-electron chi connectivity index (χ2n) is 9.25. The Morgan fingerprint density at radius 2 is 1.53 bits per heavy atom. The highest BCUT2D eigenvalue weighted by atomic mass is 19.2. The first-order valence-corrected chi connectivity index (χ1v) is 11.5. The van der Waals surface area contributed by atoms with Gasteiger partial charge in [0, 0.05) is 5.56 Å². The van der Waals surface area contributed by atoms with Gasteiger partial charge in [-0.1, -0.05) is 30.8 Å². The molecule has 1 atom stereocenters. The van der Waals surface area contributed by atoms with Crippen LogP contribution in [0.25, 0.3) is 0 Å². The van der Waals surface area contributed by atoms with Crippen LogP contribution in [0.1, 0.15) is 67.2 Å². The van der Waals surface area contributed by atoms with Crippen molar-refractivity contribution < 1.29 is 17.6 Å². The minimum atomic E-state index is -1.53. The molecule has 0 radical (unpaired) electrons. The minimum absolute atomic E-state index is 0.0257. The molecule has 0 saturated heterocycles. The van der Waals surface area contributed by atoms with Crippen LogP contribution in [-0.2, 0) is 12.8 Å². The molecule has 1 saturated carbocycles. The molecule has 0 heterocycles. The van der Waals surface area contributed by atoms with E-state index < -0.39 is 23.3 Å². The van der Waals surface area contributed by atoms with Crippen LogP contribution in [0.3, 0.4) is 0 Å². The van der Waals surface area contributed by atoms with Crippen LogP contribution in [-0.4, -0.2) is 0 Å². The van der Waals surface area contributed by atoms with Gasteiger partial charge in [0.05, 0.1) is 5.56 Å². The van der Waals surface area contributed by atoms with Crippen LogP contribution < -0.4 is 0 Å². The van der Waals surface area contributed by atoms with E-state index in [1.165, 1.54) is 32.1 Å². The first-order valence-electron chi connectivity index (χ1n) is 11.5. The van der Waals surface area contributed by atoms with Crippen molar-refractivity contribution in [2.75, 3.05) is 0 Å². The fourth-order valence-corrected chi connectivity index (χ4v) is 5.37. The van der Waals surface area contributed by atoms with Crippen LogP contribution in [0.5, 0.6) is 0 Å². The molecule has 168 valence electrons. The molecule has 2 aliphatic rings. The third-order valence-electron chi connectivity index (χ3n) is 7.22. The number of hydrogen-bond donors (Lipinski definition) is 0. The Labute approximate surface area is 187 Å². The molecule has 32 heavy (non-hydrogen) atoms. The number of benzene rings is 2. The van der Waals surface area contributed by atoms with Gasteiger partial charge in [0.25, 0.3) is 0 Å². The van der Waals surface area contributed by atoms with Gasteiger partial charge in [-0.05, 0) is 98.1 Å². The molecule has 0 aromatic heterocycles. The summed E-state index contributed by atoms with van der Waals surface area (Å²) in [7, 11) is 0. The summed E-state index contributed by atoms with van der Waals surface area (Å²) in [5.74, 6) is 2.79. The Morgan fingerprint density at radius 1 is 0.812 bits per heavy atom. The highest BCUT2D eigenvalue weighted by Crippen LogP contribution is 2.41. The van der Waals surface area contributed by atoms with Gasteiger partial charge >= 0.3 is 0 Å². The van der Waals surface area contributed by atoms with Crippen molar-refractivity contribution >= 4 is 0 Å². The molecule has 1 fully saturated rings. The van der Waals surface area contributed by atoms with E-state index in [4.69, 9.17) is 0 Å². The van der Waals surface area contributed by atoms with Gasteiger partial charge in [0.2, 0.25) is 0 Å². The van der Waals surface area contributed by atoms with E-state index in [1.807, 2.05) is 6.08 Å². The van der Waals surface area contributed by atoms with Crippen molar-refractivity contribution in [3.63, 3.8) is 0 Å². The molecule has 1 unspecified atom stereocenters. The second-order valence-corrected chi connectivity index (χ2v) is 9.25. The lowest BCUT2D eigenvalue weighted by atomic mass is 9.69. The van der Waals surface area contributed by atoms with Crippen LogP contribution >= 0.6 is 0 Å². The van der Waals surface area contributed by atoms with E-state index in [2.05, 4.69) is 18.4 Å². The summed E-state index contributed by atoms with van der Waals surface area (Å²) in [5, 5.41) is 0. The van der Waals surface area contributed by atoms with Crippen molar-refractivity contribution in [1.82, 2.24) is 0 Å². The number of halogens is 4. The Balaban J connectivity index is 1.44. The van der Waals surface area contributed by atoms with Crippen molar-refractivity contribution in [2.24, 2.45) is 17.8 Å². The number of allylic oxidation sites excluding steroid dienone is 1. The molecule has 0 amide bonds. The van der Waals surface area contributed by atoms with Gasteiger partial charge in [0.1, 0.15) is 5.82 Å². The van der Waals surface area contributed by atoms with Gasteiger partial charge in [-0.15, -0.1) is 6.58 Å². The summed E-state index contributed by atoms with van der Waals surface area (Å²) < 4.78 is 54.6. The fourth-order valence-electron chi connectivity index (χ4n) is 5.37. The van der Waals surface area contributed by atoms with Crippen LogP contribution in [0.4, 0.5) is 17.6 Å². The van der Waals surface area contributed by atoms with E-state index in [9.17, 15) is 17.6 Å². The van der Waals surface area contributed by atoms with Crippen LogP contribution in [0.2, 0.25) is 0 Å². The van der Waals surface area contributed by atoms with Crippen LogP contribution in [0, 0.1) is 52.9 Å². The summed E-state index contributed by atoms with van der Waals surface area (Å²) in [6.07, 6.45) is 12.3. The highest BCUT2D eigenvalue weighted by molar-refractivity contribution is 5.47. The van der Waals surface area contributed by atoms with Crippen LogP contribution in [0.15, 0.2) is 36.9 Å². The van der Waals surface area contributed by atoms with Gasteiger partial charge < -0.3 is 0 Å². The first-order chi connectivity index (χ1) is 15.4. The molecule has 0 spiro atoms. The third kappa shape index (κ3) is 5.09. The summed E-state index contributed by atoms with van der Waals surface area (Å²) in [5.41, 5.74) is 2.33. The zero-order valence-electron chi connectivity index (χ0n) is 18.2. The maximum Gasteiger partial charge on any atom is 0.194 e. The normalized spacial score (nSPS) is 22.6. The topological polar surface area (TPSA) is 0 Å². The maximum absolute atomic E-state index is 14.7. The molecular formula is C28H28F4. The average molecular weight is 441 g/mol.